The number of hydrazone groups is 1. The van der Waals surface area contributed by atoms with Crippen molar-refractivity contribution in [2.75, 3.05) is 31.2 Å². The Morgan fingerprint density at radius 1 is 1.25 bits per heavy atom. The van der Waals surface area contributed by atoms with Crippen LogP contribution in [0.4, 0.5) is 10.1 Å². The number of piperidine rings is 1. The molecule has 1 aromatic carbocycles. The van der Waals surface area contributed by atoms with E-state index in [1.807, 2.05) is 0 Å². The number of nitrogens with zero attached hydrogens (tertiary/aromatic N) is 3. The standard InChI is InChI=1S/C20H28FN5O2/c1-14-7-11-25(12-8-14)10-2-9-23-20(28)17-13-18(19(22)27)26(24-17)16-5-3-15(21)4-6-16/h3-6,14,18H,2,7-13H2,1H3,(H2,22,27)(H,23,28)/t18-/m0/s1. The molecule has 0 saturated carbocycles. The molecule has 7 nitrogen and oxygen atoms in total. The molecule has 2 amide bonds. The molecule has 8 heteroatoms. The molecule has 2 heterocycles. The quantitative estimate of drug-likeness (QED) is 0.691. The highest BCUT2D eigenvalue weighted by Crippen LogP contribution is 2.25. The first kappa shape index (κ1) is 20.3. The summed E-state index contributed by atoms with van der Waals surface area (Å²) in [6.07, 6.45) is 3.48. The zero-order valence-corrected chi connectivity index (χ0v) is 16.2. The molecule has 28 heavy (non-hydrogen) atoms. The minimum atomic E-state index is -0.749. The van der Waals surface area contributed by atoms with Gasteiger partial charge in [0.25, 0.3) is 5.91 Å². The van der Waals surface area contributed by atoms with Crippen molar-refractivity contribution in [1.82, 2.24) is 10.2 Å². The topological polar surface area (TPSA) is 91.0 Å². The van der Waals surface area contributed by atoms with Crippen molar-refractivity contribution in [3.05, 3.63) is 30.1 Å². The summed E-state index contributed by atoms with van der Waals surface area (Å²) in [6, 6.07) is 4.83. The van der Waals surface area contributed by atoms with Crippen LogP contribution in [-0.2, 0) is 9.59 Å². The molecule has 0 aliphatic carbocycles. The van der Waals surface area contributed by atoms with Gasteiger partial charge < -0.3 is 16.0 Å². The number of rotatable bonds is 7. The SMILES string of the molecule is CC1CCN(CCCNC(=O)C2=NN(c3ccc(F)cc3)[C@H](C(N)=O)C2)CC1. The molecule has 1 aromatic rings. The molecule has 152 valence electrons. The monoisotopic (exact) mass is 389 g/mol. The van der Waals surface area contributed by atoms with E-state index in [0.717, 1.165) is 32.0 Å². The largest absolute Gasteiger partial charge is 0.368 e. The number of nitrogens with two attached hydrogens (primary N) is 1. The maximum absolute atomic E-state index is 13.1. The van der Waals surface area contributed by atoms with E-state index in [1.54, 1.807) is 0 Å². The van der Waals surface area contributed by atoms with Gasteiger partial charge in [-0.3, -0.25) is 14.6 Å². The highest BCUT2D eigenvalue weighted by molar-refractivity contribution is 6.40. The van der Waals surface area contributed by atoms with Crippen LogP contribution in [0.25, 0.3) is 0 Å². The van der Waals surface area contributed by atoms with Crippen molar-refractivity contribution in [1.29, 1.82) is 0 Å². The summed E-state index contributed by atoms with van der Waals surface area (Å²) < 4.78 is 13.1. The van der Waals surface area contributed by atoms with E-state index in [0.29, 0.717) is 12.2 Å². The summed E-state index contributed by atoms with van der Waals surface area (Å²) in [7, 11) is 0. The second kappa shape index (κ2) is 9.14. The number of anilines is 1. The van der Waals surface area contributed by atoms with E-state index in [1.165, 1.54) is 42.1 Å². The molecule has 0 radical (unpaired) electrons. The fourth-order valence-corrected chi connectivity index (χ4v) is 3.59. The summed E-state index contributed by atoms with van der Waals surface area (Å²) in [6.45, 7) is 6.05. The molecule has 1 saturated heterocycles. The number of amides is 2. The van der Waals surface area contributed by atoms with Gasteiger partial charge in [0.05, 0.1) is 5.69 Å². The van der Waals surface area contributed by atoms with E-state index in [-0.39, 0.29) is 23.9 Å². The van der Waals surface area contributed by atoms with E-state index in [9.17, 15) is 14.0 Å². The smallest absolute Gasteiger partial charge is 0.267 e. The molecule has 2 aliphatic rings. The fourth-order valence-electron chi connectivity index (χ4n) is 3.59. The van der Waals surface area contributed by atoms with Gasteiger partial charge in [-0.2, -0.15) is 5.10 Å². The number of halogens is 1. The Balaban J connectivity index is 1.52. The van der Waals surface area contributed by atoms with Crippen LogP contribution >= 0.6 is 0 Å². The first-order chi connectivity index (χ1) is 13.4. The zero-order chi connectivity index (χ0) is 20.1. The van der Waals surface area contributed by atoms with Gasteiger partial charge in [-0.25, -0.2) is 4.39 Å². The number of benzene rings is 1. The number of hydrogen-bond acceptors (Lipinski definition) is 5. The molecule has 3 N–H and O–H groups in total. The van der Waals surface area contributed by atoms with Crippen LogP contribution in [0.3, 0.4) is 0 Å². The summed E-state index contributed by atoms with van der Waals surface area (Å²) in [4.78, 5) is 26.6. The number of hydrogen-bond donors (Lipinski definition) is 2. The fraction of sp³-hybridized carbons (Fsp3) is 0.550. The Morgan fingerprint density at radius 2 is 1.93 bits per heavy atom. The Hall–Kier alpha value is -2.48. The second-order valence-corrected chi connectivity index (χ2v) is 7.62. The highest BCUT2D eigenvalue weighted by Gasteiger charge is 2.34. The molecular formula is C20H28FN5O2. The van der Waals surface area contributed by atoms with Gasteiger partial charge in [0.2, 0.25) is 5.91 Å². The van der Waals surface area contributed by atoms with E-state index in [4.69, 9.17) is 5.73 Å². The number of nitrogens with one attached hydrogen (secondary N) is 1. The summed E-state index contributed by atoms with van der Waals surface area (Å²) in [5.74, 6) is -0.444. The molecule has 1 atom stereocenters. The molecule has 2 aliphatic heterocycles. The predicted molar refractivity (Wildman–Crippen MR) is 106 cm³/mol. The minimum Gasteiger partial charge on any atom is -0.368 e. The number of primary amides is 1. The van der Waals surface area contributed by atoms with Crippen LogP contribution in [0.2, 0.25) is 0 Å². The van der Waals surface area contributed by atoms with Gasteiger partial charge in [0, 0.05) is 13.0 Å². The van der Waals surface area contributed by atoms with Gasteiger partial charge in [0.1, 0.15) is 17.6 Å². The first-order valence-corrected chi connectivity index (χ1v) is 9.86. The zero-order valence-electron chi connectivity index (χ0n) is 16.2. The molecule has 0 unspecified atom stereocenters. The van der Waals surface area contributed by atoms with Crippen molar-refractivity contribution in [2.45, 2.75) is 38.6 Å². The molecule has 0 bridgehead atoms. The maximum atomic E-state index is 13.1. The van der Waals surface area contributed by atoms with Crippen LogP contribution in [0, 0.1) is 11.7 Å². The Morgan fingerprint density at radius 3 is 2.57 bits per heavy atom. The summed E-state index contributed by atoms with van der Waals surface area (Å²) in [5.41, 5.74) is 6.25. The van der Waals surface area contributed by atoms with E-state index in [2.05, 4.69) is 22.2 Å². The summed E-state index contributed by atoms with van der Waals surface area (Å²) in [5, 5.41) is 8.54. The highest BCUT2D eigenvalue weighted by atomic mass is 19.1. The normalized spacial score (nSPS) is 20.9. The minimum absolute atomic E-state index is 0.141. The van der Waals surface area contributed by atoms with Crippen molar-refractivity contribution in [3.8, 4) is 0 Å². The molecule has 1 fully saturated rings. The lowest BCUT2D eigenvalue weighted by Gasteiger charge is -2.30. The number of carbonyl (C=O) groups is 2. The average Bonchev–Trinajstić information content (AvgIpc) is 3.13. The Kier molecular flexibility index (Phi) is 6.61. The Bertz CT molecular complexity index is 729. The average molecular weight is 389 g/mol. The van der Waals surface area contributed by atoms with E-state index < -0.39 is 11.9 Å². The van der Waals surface area contributed by atoms with Gasteiger partial charge in [-0.15, -0.1) is 0 Å². The lowest BCUT2D eigenvalue weighted by molar-refractivity contribution is -0.119. The van der Waals surface area contributed by atoms with Crippen LogP contribution in [0.15, 0.2) is 29.4 Å². The maximum Gasteiger partial charge on any atom is 0.267 e. The third-order valence-corrected chi connectivity index (χ3v) is 5.40. The van der Waals surface area contributed by atoms with Crippen molar-refractivity contribution in [3.63, 3.8) is 0 Å². The summed E-state index contributed by atoms with van der Waals surface area (Å²) >= 11 is 0. The third kappa shape index (κ3) is 5.07. The van der Waals surface area contributed by atoms with Crippen LogP contribution in [0.1, 0.15) is 32.6 Å². The van der Waals surface area contributed by atoms with Crippen molar-refractivity contribution >= 4 is 23.2 Å². The molecule has 0 aromatic heterocycles. The van der Waals surface area contributed by atoms with Crippen LogP contribution < -0.4 is 16.1 Å². The van der Waals surface area contributed by atoms with Crippen molar-refractivity contribution < 1.29 is 14.0 Å². The number of likely N-dealkylation sites (tertiary alicyclic amines) is 1. The van der Waals surface area contributed by atoms with Gasteiger partial charge in [-0.1, -0.05) is 6.92 Å². The van der Waals surface area contributed by atoms with Gasteiger partial charge >= 0.3 is 0 Å². The van der Waals surface area contributed by atoms with Crippen molar-refractivity contribution in [2.24, 2.45) is 16.8 Å². The van der Waals surface area contributed by atoms with Crippen LogP contribution in [0.5, 0.6) is 0 Å². The number of carbonyl (C=O) groups excluding carboxylic acids is 2. The lowest BCUT2D eigenvalue weighted by atomic mass is 9.99. The Labute approximate surface area is 164 Å². The molecule has 3 rings (SSSR count). The second-order valence-electron chi connectivity index (χ2n) is 7.62. The van der Waals surface area contributed by atoms with Gasteiger partial charge in [-0.05, 0) is 69.1 Å². The van der Waals surface area contributed by atoms with Crippen LogP contribution in [-0.4, -0.2) is 54.6 Å². The molecule has 0 spiro atoms. The molecular weight excluding hydrogens is 361 g/mol. The first-order valence-electron chi connectivity index (χ1n) is 9.86. The van der Waals surface area contributed by atoms with Gasteiger partial charge in [0.15, 0.2) is 0 Å². The van der Waals surface area contributed by atoms with E-state index >= 15 is 0 Å². The predicted octanol–water partition coefficient (Wildman–Crippen LogP) is 1.48. The lowest BCUT2D eigenvalue weighted by Crippen LogP contribution is -2.40. The third-order valence-electron chi connectivity index (χ3n) is 5.40.